The minimum atomic E-state index is -3.96. The number of benzene rings is 3. The van der Waals surface area contributed by atoms with Crippen molar-refractivity contribution in [3.05, 3.63) is 83.4 Å². The molecule has 11 heteroatoms. The van der Waals surface area contributed by atoms with Crippen LogP contribution in [-0.4, -0.2) is 20.9 Å². The number of nitrogens with one attached hydrogen (secondary N) is 2. The van der Waals surface area contributed by atoms with Crippen molar-refractivity contribution in [3.63, 3.8) is 0 Å². The van der Waals surface area contributed by atoms with E-state index in [-0.39, 0.29) is 16.3 Å². The molecule has 0 saturated carbocycles. The fraction of sp³-hybridized carbons (Fsp3) is 0.0952. The maximum absolute atomic E-state index is 13.6. The molecule has 3 aromatic carbocycles. The lowest BCUT2D eigenvalue weighted by atomic mass is 10.2. The Morgan fingerprint density at radius 3 is 2.28 bits per heavy atom. The summed E-state index contributed by atoms with van der Waals surface area (Å²) in [6.45, 7) is 0.943. The second-order valence-corrected chi connectivity index (χ2v) is 8.28. The predicted molar refractivity (Wildman–Crippen MR) is 109 cm³/mol. The lowest BCUT2D eigenvalue weighted by Crippen LogP contribution is -2.21. The number of hydrogen-bond acceptors (Lipinski definition) is 4. The first-order chi connectivity index (χ1) is 15.1. The first-order valence-electron chi connectivity index (χ1n) is 9.02. The highest BCUT2D eigenvalue weighted by atomic mass is 32.2. The largest absolute Gasteiger partial charge is 0.483 e. The minimum Gasteiger partial charge on any atom is -0.483 e. The van der Waals surface area contributed by atoms with E-state index in [1.807, 2.05) is 0 Å². The molecule has 3 rings (SSSR count). The summed E-state index contributed by atoms with van der Waals surface area (Å²) >= 11 is 0. The molecule has 0 saturated heterocycles. The van der Waals surface area contributed by atoms with E-state index < -0.39 is 51.5 Å². The number of halogens is 4. The van der Waals surface area contributed by atoms with Crippen LogP contribution in [0.15, 0.2) is 59.5 Å². The van der Waals surface area contributed by atoms with E-state index in [0.717, 1.165) is 18.2 Å². The van der Waals surface area contributed by atoms with Crippen molar-refractivity contribution in [3.8, 4) is 5.75 Å². The summed E-state index contributed by atoms with van der Waals surface area (Å²) in [6.07, 6.45) is 0. The molecule has 0 bridgehead atoms. The van der Waals surface area contributed by atoms with Gasteiger partial charge in [-0.05, 0) is 67.1 Å². The average Bonchev–Trinajstić information content (AvgIpc) is 2.74. The lowest BCUT2D eigenvalue weighted by molar-refractivity contribution is -0.118. The number of carbonyl (C=O) groups is 1. The van der Waals surface area contributed by atoms with Gasteiger partial charge in [0, 0.05) is 5.69 Å². The number of hydrogen-bond donors (Lipinski definition) is 2. The maximum Gasteiger partial charge on any atom is 0.262 e. The van der Waals surface area contributed by atoms with Crippen molar-refractivity contribution in [1.82, 2.24) is 0 Å². The topological polar surface area (TPSA) is 84.5 Å². The van der Waals surface area contributed by atoms with Crippen LogP contribution in [0.3, 0.4) is 0 Å². The SMILES string of the molecule is Cc1cc(S(=O)(=O)Nc2ccc(F)cc2)ccc1OCC(=O)Nc1ccc(F)c(F)c1F. The highest BCUT2D eigenvalue weighted by molar-refractivity contribution is 7.92. The van der Waals surface area contributed by atoms with E-state index in [1.54, 1.807) is 6.92 Å². The van der Waals surface area contributed by atoms with Gasteiger partial charge in [0.15, 0.2) is 24.1 Å². The lowest BCUT2D eigenvalue weighted by Gasteiger charge is -2.13. The molecule has 0 radical (unpaired) electrons. The van der Waals surface area contributed by atoms with E-state index in [1.165, 1.54) is 30.3 Å². The third-order valence-electron chi connectivity index (χ3n) is 4.22. The van der Waals surface area contributed by atoms with Crippen LogP contribution in [0.2, 0.25) is 0 Å². The Labute approximate surface area is 180 Å². The Hall–Kier alpha value is -3.60. The van der Waals surface area contributed by atoms with Crippen molar-refractivity contribution in [1.29, 1.82) is 0 Å². The Kier molecular flexibility index (Phi) is 6.68. The van der Waals surface area contributed by atoms with Crippen molar-refractivity contribution in [2.75, 3.05) is 16.6 Å². The zero-order chi connectivity index (χ0) is 23.5. The molecule has 3 aromatic rings. The van der Waals surface area contributed by atoms with Crippen LogP contribution < -0.4 is 14.8 Å². The van der Waals surface area contributed by atoms with Crippen LogP contribution in [0.5, 0.6) is 5.75 Å². The third kappa shape index (κ3) is 5.35. The van der Waals surface area contributed by atoms with Crippen molar-refractivity contribution >= 4 is 27.3 Å². The number of ether oxygens (including phenoxy) is 1. The van der Waals surface area contributed by atoms with Gasteiger partial charge >= 0.3 is 0 Å². The maximum atomic E-state index is 13.6. The van der Waals surface area contributed by atoms with E-state index in [2.05, 4.69) is 10.0 Å². The number of aryl methyl sites for hydroxylation is 1. The van der Waals surface area contributed by atoms with Crippen LogP contribution >= 0.6 is 0 Å². The quantitative estimate of drug-likeness (QED) is 0.399. The minimum absolute atomic E-state index is 0.0972. The number of carbonyl (C=O) groups excluding carboxylic acids is 1. The number of sulfonamides is 1. The molecule has 0 aliphatic heterocycles. The molecule has 0 aliphatic rings. The smallest absolute Gasteiger partial charge is 0.262 e. The molecule has 2 N–H and O–H groups in total. The summed E-state index contributed by atoms with van der Waals surface area (Å²) in [5.41, 5.74) is -0.00756. The molecule has 1 amide bonds. The summed E-state index contributed by atoms with van der Waals surface area (Å²) in [5, 5.41) is 2.06. The fourth-order valence-corrected chi connectivity index (χ4v) is 3.78. The molecule has 32 heavy (non-hydrogen) atoms. The normalized spacial score (nSPS) is 11.2. The summed E-state index contributed by atoms with van der Waals surface area (Å²) in [6, 6.07) is 10.1. The Balaban J connectivity index is 1.65. The molecule has 0 spiro atoms. The molecule has 0 aromatic heterocycles. The Bertz CT molecular complexity index is 1270. The van der Waals surface area contributed by atoms with Gasteiger partial charge in [0.2, 0.25) is 0 Å². The first-order valence-corrected chi connectivity index (χ1v) is 10.5. The first kappa shape index (κ1) is 23.1. The fourth-order valence-electron chi connectivity index (χ4n) is 2.64. The van der Waals surface area contributed by atoms with Gasteiger partial charge in [0.05, 0.1) is 10.6 Å². The van der Waals surface area contributed by atoms with Crippen molar-refractivity contribution in [2.45, 2.75) is 11.8 Å². The monoisotopic (exact) mass is 468 g/mol. The molecular weight excluding hydrogens is 452 g/mol. The van der Waals surface area contributed by atoms with Crippen molar-refractivity contribution in [2.24, 2.45) is 0 Å². The van der Waals surface area contributed by atoms with E-state index in [0.29, 0.717) is 11.6 Å². The molecule has 6 nitrogen and oxygen atoms in total. The van der Waals surface area contributed by atoms with E-state index in [9.17, 15) is 30.8 Å². The summed E-state index contributed by atoms with van der Waals surface area (Å²) in [5.74, 6) is -5.84. The number of anilines is 2. The molecule has 0 heterocycles. The van der Waals surface area contributed by atoms with Gasteiger partial charge in [0.1, 0.15) is 11.6 Å². The van der Waals surface area contributed by atoms with Crippen LogP contribution in [0, 0.1) is 30.2 Å². The number of amides is 1. The second kappa shape index (κ2) is 9.27. The van der Waals surface area contributed by atoms with Crippen LogP contribution in [0.4, 0.5) is 28.9 Å². The molecule has 0 unspecified atom stereocenters. The van der Waals surface area contributed by atoms with Gasteiger partial charge in [0.25, 0.3) is 15.9 Å². The Morgan fingerprint density at radius 2 is 1.62 bits per heavy atom. The van der Waals surface area contributed by atoms with Gasteiger partial charge in [-0.15, -0.1) is 0 Å². The van der Waals surface area contributed by atoms with Crippen LogP contribution in [0.1, 0.15) is 5.56 Å². The molecule has 168 valence electrons. The second-order valence-electron chi connectivity index (χ2n) is 6.60. The number of rotatable bonds is 7. The van der Waals surface area contributed by atoms with E-state index >= 15 is 0 Å². The Morgan fingerprint density at radius 1 is 0.938 bits per heavy atom. The highest BCUT2D eigenvalue weighted by Gasteiger charge is 2.18. The van der Waals surface area contributed by atoms with Gasteiger partial charge in [-0.25, -0.2) is 26.0 Å². The van der Waals surface area contributed by atoms with Crippen LogP contribution in [-0.2, 0) is 14.8 Å². The highest BCUT2D eigenvalue weighted by Crippen LogP contribution is 2.24. The summed E-state index contributed by atoms with van der Waals surface area (Å²) in [4.78, 5) is 11.9. The zero-order valence-corrected chi connectivity index (χ0v) is 17.3. The van der Waals surface area contributed by atoms with Crippen LogP contribution in [0.25, 0.3) is 0 Å². The molecule has 0 fully saturated rings. The molecular formula is C21H16F4N2O4S. The standard InChI is InChI=1S/C21H16F4N2O4S/c1-12-10-15(32(29,30)27-14-4-2-13(22)3-5-14)6-9-18(12)31-11-19(28)26-17-8-7-16(23)20(24)21(17)25/h2-10,27H,11H2,1H3,(H,26,28). The van der Waals surface area contributed by atoms with Gasteiger partial charge < -0.3 is 10.1 Å². The summed E-state index contributed by atoms with van der Waals surface area (Å²) in [7, 11) is -3.96. The van der Waals surface area contributed by atoms with E-state index in [4.69, 9.17) is 4.74 Å². The van der Waals surface area contributed by atoms with Gasteiger partial charge in [-0.3, -0.25) is 9.52 Å². The summed E-state index contributed by atoms with van der Waals surface area (Å²) < 4.78 is 85.4. The predicted octanol–water partition coefficient (Wildman–Crippen LogP) is 4.37. The molecule has 0 aliphatic carbocycles. The zero-order valence-electron chi connectivity index (χ0n) is 16.5. The van der Waals surface area contributed by atoms with Crippen molar-refractivity contribution < 1.29 is 35.5 Å². The molecule has 0 atom stereocenters. The van der Waals surface area contributed by atoms with Gasteiger partial charge in [-0.1, -0.05) is 0 Å². The third-order valence-corrected chi connectivity index (χ3v) is 5.60. The average molecular weight is 468 g/mol. The van der Waals surface area contributed by atoms with Gasteiger partial charge in [-0.2, -0.15) is 0 Å².